The first-order chi connectivity index (χ1) is 6.56. The molecule has 0 saturated carbocycles. The van der Waals surface area contributed by atoms with E-state index in [1.54, 1.807) is 19.1 Å². The summed E-state index contributed by atoms with van der Waals surface area (Å²) in [5.74, 6) is -0.332. The molecule has 0 amide bonds. The summed E-state index contributed by atoms with van der Waals surface area (Å²) >= 11 is 5.83. The van der Waals surface area contributed by atoms with E-state index >= 15 is 0 Å². The molecule has 0 spiro atoms. The lowest BCUT2D eigenvalue weighted by molar-refractivity contribution is 0.264. The van der Waals surface area contributed by atoms with E-state index in [-0.39, 0.29) is 31.3 Å². The Kier molecular flexibility index (Phi) is 6.13. The maximum Gasteiger partial charge on any atom is 0.130 e. The third-order valence-corrected chi connectivity index (χ3v) is 2.43. The van der Waals surface area contributed by atoms with Gasteiger partial charge in [-0.1, -0.05) is 17.7 Å². The highest BCUT2D eigenvalue weighted by Crippen LogP contribution is 2.22. The van der Waals surface area contributed by atoms with E-state index in [0.717, 1.165) is 0 Å². The molecule has 0 saturated heterocycles. The maximum absolute atomic E-state index is 13.5. The third kappa shape index (κ3) is 3.61. The van der Waals surface area contributed by atoms with Crippen LogP contribution >= 0.6 is 24.0 Å². The van der Waals surface area contributed by atoms with Gasteiger partial charge in [-0.2, -0.15) is 0 Å². The van der Waals surface area contributed by atoms with Crippen LogP contribution < -0.4 is 5.73 Å². The highest BCUT2D eigenvalue weighted by Gasteiger charge is 2.12. The Labute approximate surface area is 99.6 Å². The molecule has 1 unspecified atom stereocenters. The molecule has 1 aromatic rings. The van der Waals surface area contributed by atoms with Crippen LogP contribution in [0.5, 0.6) is 0 Å². The Morgan fingerprint density at radius 3 is 2.67 bits per heavy atom. The van der Waals surface area contributed by atoms with Crippen molar-refractivity contribution in [1.82, 2.24) is 0 Å². The highest BCUT2D eigenvalue weighted by atomic mass is 35.5. The van der Waals surface area contributed by atoms with Gasteiger partial charge in [0.1, 0.15) is 5.82 Å². The minimum Gasteiger partial charge on any atom is -0.395 e. The number of hydrogen-bond acceptors (Lipinski definition) is 2. The predicted molar refractivity (Wildman–Crippen MR) is 62.2 cm³/mol. The smallest absolute Gasteiger partial charge is 0.130 e. The fourth-order valence-corrected chi connectivity index (χ4v) is 1.45. The molecule has 2 nitrogen and oxygen atoms in total. The predicted octanol–water partition coefficient (Wildman–Crippen LogP) is 2.07. The maximum atomic E-state index is 13.5. The van der Waals surface area contributed by atoms with Crippen LogP contribution in [0.2, 0.25) is 5.02 Å². The molecule has 0 bridgehead atoms. The molecule has 15 heavy (non-hydrogen) atoms. The van der Waals surface area contributed by atoms with Gasteiger partial charge in [0.05, 0.1) is 6.61 Å². The number of benzene rings is 1. The van der Waals surface area contributed by atoms with Crippen molar-refractivity contribution in [3.8, 4) is 0 Å². The summed E-state index contributed by atoms with van der Waals surface area (Å²) in [5.41, 5.74) is 6.44. The van der Waals surface area contributed by atoms with Gasteiger partial charge in [-0.25, -0.2) is 4.39 Å². The average Bonchev–Trinajstić information content (AvgIpc) is 2.18. The summed E-state index contributed by atoms with van der Waals surface area (Å²) in [6.45, 7) is 1.49. The molecule has 0 radical (unpaired) electrons. The van der Waals surface area contributed by atoms with Crippen molar-refractivity contribution in [1.29, 1.82) is 0 Å². The van der Waals surface area contributed by atoms with Crippen LogP contribution in [-0.4, -0.2) is 17.8 Å². The first kappa shape index (κ1) is 14.6. The van der Waals surface area contributed by atoms with E-state index in [1.165, 1.54) is 0 Å². The van der Waals surface area contributed by atoms with Gasteiger partial charge < -0.3 is 10.8 Å². The Morgan fingerprint density at radius 2 is 2.13 bits per heavy atom. The second-order valence-corrected chi connectivity index (χ2v) is 3.71. The SMILES string of the molecule is Cc1ccc(Cl)c(CC(N)CO)c1F.Cl. The molecule has 0 aromatic heterocycles. The third-order valence-electron chi connectivity index (χ3n) is 2.08. The van der Waals surface area contributed by atoms with Crippen molar-refractivity contribution in [3.05, 3.63) is 34.1 Å². The van der Waals surface area contributed by atoms with E-state index in [9.17, 15) is 4.39 Å². The van der Waals surface area contributed by atoms with Gasteiger partial charge >= 0.3 is 0 Å². The minimum atomic E-state index is -0.469. The fourth-order valence-electron chi connectivity index (χ4n) is 1.23. The van der Waals surface area contributed by atoms with Crippen LogP contribution in [0.25, 0.3) is 0 Å². The molecular weight excluding hydrogens is 240 g/mol. The van der Waals surface area contributed by atoms with Crippen LogP contribution in [0.4, 0.5) is 4.39 Å². The molecule has 0 aliphatic carbocycles. The number of hydrogen-bond donors (Lipinski definition) is 2. The zero-order valence-electron chi connectivity index (χ0n) is 8.34. The van der Waals surface area contributed by atoms with Gasteiger partial charge in [-0.3, -0.25) is 0 Å². The minimum absolute atomic E-state index is 0. The highest BCUT2D eigenvalue weighted by molar-refractivity contribution is 6.31. The molecule has 86 valence electrons. The summed E-state index contributed by atoms with van der Waals surface area (Å²) in [6.07, 6.45) is 0.253. The fraction of sp³-hybridized carbons (Fsp3) is 0.400. The first-order valence-corrected chi connectivity index (χ1v) is 4.74. The number of aryl methyl sites for hydroxylation is 1. The molecule has 0 aliphatic heterocycles. The van der Waals surface area contributed by atoms with E-state index in [4.69, 9.17) is 22.4 Å². The summed E-state index contributed by atoms with van der Waals surface area (Å²) < 4.78 is 13.5. The monoisotopic (exact) mass is 253 g/mol. The average molecular weight is 254 g/mol. The van der Waals surface area contributed by atoms with Gasteiger partial charge in [0.15, 0.2) is 0 Å². The molecule has 3 N–H and O–H groups in total. The lowest BCUT2D eigenvalue weighted by atomic mass is 10.0. The molecular formula is C10H14Cl2FNO. The van der Waals surface area contributed by atoms with Crippen molar-refractivity contribution < 1.29 is 9.50 Å². The molecule has 5 heteroatoms. The largest absolute Gasteiger partial charge is 0.395 e. The zero-order valence-corrected chi connectivity index (χ0v) is 9.91. The Bertz CT molecular complexity index is 333. The normalized spacial score (nSPS) is 12.1. The molecule has 0 aliphatic rings. The Morgan fingerprint density at radius 1 is 1.53 bits per heavy atom. The van der Waals surface area contributed by atoms with E-state index in [1.807, 2.05) is 0 Å². The van der Waals surface area contributed by atoms with Crippen LogP contribution in [0.3, 0.4) is 0 Å². The Balaban J connectivity index is 0.00000196. The van der Waals surface area contributed by atoms with Crippen molar-refractivity contribution in [3.63, 3.8) is 0 Å². The lowest BCUT2D eigenvalue weighted by Gasteiger charge is -2.11. The molecule has 0 heterocycles. The number of rotatable bonds is 3. The topological polar surface area (TPSA) is 46.2 Å². The van der Waals surface area contributed by atoms with Crippen molar-refractivity contribution in [2.75, 3.05) is 6.61 Å². The number of aliphatic hydroxyl groups is 1. The summed E-state index contributed by atoms with van der Waals surface area (Å²) in [6, 6.07) is 2.79. The lowest BCUT2D eigenvalue weighted by Crippen LogP contribution is -2.27. The van der Waals surface area contributed by atoms with Gasteiger partial charge in [-0.05, 0) is 25.0 Å². The van der Waals surface area contributed by atoms with Gasteiger partial charge in [-0.15, -0.1) is 12.4 Å². The van der Waals surface area contributed by atoms with E-state index in [2.05, 4.69) is 0 Å². The van der Waals surface area contributed by atoms with Gasteiger partial charge in [0.2, 0.25) is 0 Å². The van der Waals surface area contributed by atoms with Gasteiger partial charge in [0, 0.05) is 16.6 Å². The molecule has 1 aromatic carbocycles. The number of nitrogens with two attached hydrogens (primary N) is 1. The molecule has 1 atom stereocenters. The van der Waals surface area contributed by atoms with Crippen molar-refractivity contribution >= 4 is 24.0 Å². The summed E-state index contributed by atoms with van der Waals surface area (Å²) in [7, 11) is 0. The molecule has 0 fully saturated rings. The van der Waals surface area contributed by atoms with Crippen molar-refractivity contribution in [2.45, 2.75) is 19.4 Å². The zero-order chi connectivity index (χ0) is 10.7. The summed E-state index contributed by atoms with van der Waals surface area (Å²) in [5, 5.41) is 9.11. The second kappa shape index (κ2) is 6.28. The second-order valence-electron chi connectivity index (χ2n) is 3.30. The standard InChI is InChI=1S/C10H13ClFNO.ClH/c1-6-2-3-9(11)8(10(6)12)4-7(13)5-14;/h2-3,7,14H,4-5,13H2,1H3;1H. The van der Waals surface area contributed by atoms with Crippen LogP contribution in [0.15, 0.2) is 12.1 Å². The van der Waals surface area contributed by atoms with E-state index in [0.29, 0.717) is 16.1 Å². The summed E-state index contributed by atoms with van der Waals surface area (Å²) in [4.78, 5) is 0. The van der Waals surface area contributed by atoms with E-state index < -0.39 is 6.04 Å². The van der Waals surface area contributed by atoms with Crippen molar-refractivity contribution in [2.24, 2.45) is 5.73 Å². The van der Waals surface area contributed by atoms with Gasteiger partial charge in [0.25, 0.3) is 0 Å². The number of aliphatic hydroxyl groups excluding tert-OH is 1. The quantitative estimate of drug-likeness (QED) is 0.867. The first-order valence-electron chi connectivity index (χ1n) is 4.36. The Hall–Kier alpha value is -0.350. The van der Waals surface area contributed by atoms with Crippen LogP contribution in [0.1, 0.15) is 11.1 Å². The molecule has 1 rings (SSSR count). The number of halogens is 3. The van der Waals surface area contributed by atoms with Crippen LogP contribution in [0, 0.1) is 12.7 Å². The van der Waals surface area contributed by atoms with Crippen LogP contribution in [-0.2, 0) is 6.42 Å².